The highest BCUT2D eigenvalue weighted by Gasteiger charge is 2.31. The third kappa shape index (κ3) is 4.30. The number of likely N-dealkylation sites (tertiary alicyclic amines) is 1. The van der Waals surface area contributed by atoms with Gasteiger partial charge < -0.3 is 0 Å². The van der Waals surface area contributed by atoms with Crippen LogP contribution in [0.5, 0.6) is 0 Å². The second-order valence-electron chi connectivity index (χ2n) is 8.78. The molecule has 0 unspecified atom stereocenters. The van der Waals surface area contributed by atoms with Crippen LogP contribution in [-0.2, 0) is 11.2 Å². The number of carbonyl (C=O) groups is 1. The van der Waals surface area contributed by atoms with Gasteiger partial charge in [-0.15, -0.1) is 11.3 Å². The van der Waals surface area contributed by atoms with E-state index in [1.54, 1.807) is 11.3 Å². The molecular formula is C24H26FN3OS. The Labute approximate surface area is 180 Å². The number of benzene rings is 1. The van der Waals surface area contributed by atoms with Gasteiger partial charge in [-0.05, 0) is 54.7 Å². The highest BCUT2D eigenvalue weighted by Crippen LogP contribution is 2.32. The lowest BCUT2D eigenvalue weighted by atomic mass is 9.78. The molecule has 30 heavy (non-hydrogen) atoms. The van der Waals surface area contributed by atoms with Crippen molar-refractivity contribution in [3.8, 4) is 10.4 Å². The third-order valence-electron chi connectivity index (χ3n) is 6.58. The predicted molar refractivity (Wildman–Crippen MR) is 118 cm³/mol. The number of hydrogen-bond acceptors (Lipinski definition) is 5. The largest absolute Gasteiger partial charge is 0.299 e. The summed E-state index contributed by atoms with van der Waals surface area (Å²) < 4.78 is 13.0. The number of thiazole rings is 1. The molecule has 4 nitrogen and oxygen atoms in total. The first kappa shape index (κ1) is 19.8. The van der Waals surface area contributed by atoms with Crippen LogP contribution in [-0.4, -0.2) is 46.5 Å². The number of alkyl halides is 1. The molecule has 0 spiro atoms. The maximum atomic E-state index is 13.0. The second kappa shape index (κ2) is 8.52. The van der Waals surface area contributed by atoms with E-state index >= 15 is 0 Å². The summed E-state index contributed by atoms with van der Waals surface area (Å²) in [7, 11) is 0. The van der Waals surface area contributed by atoms with E-state index in [1.807, 2.05) is 17.9 Å². The molecule has 3 heterocycles. The van der Waals surface area contributed by atoms with Crippen LogP contribution in [0.3, 0.4) is 0 Å². The van der Waals surface area contributed by atoms with Crippen molar-refractivity contribution in [3.63, 3.8) is 0 Å². The highest BCUT2D eigenvalue weighted by molar-refractivity contribution is 7.13. The summed E-state index contributed by atoms with van der Waals surface area (Å²) in [5.41, 5.74) is 3.84. The Bertz CT molecular complexity index is 1020. The zero-order valence-corrected chi connectivity index (χ0v) is 17.8. The maximum absolute atomic E-state index is 13.0. The average Bonchev–Trinajstić information content (AvgIpc) is 3.27. The van der Waals surface area contributed by atoms with E-state index in [1.165, 1.54) is 0 Å². The number of pyridine rings is 1. The van der Waals surface area contributed by atoms with Crippen LogP contribution >= 0.6 is 11.3 Å². The third-order valence-corrected chi connectivity index (χ3v) is 7.40. The summed E-state index contributed by atoms with van der Waals surface area (Å²) in [5, 5.41) is 2.20. The molecular weight excluding hydrogens is 397 g/mol. The van der Waals surface area contributed by atoms with Gasteiger partial charge in [0.05, 0.1) is 10.4 Å². The Hall–Kier alpha value is -2.18. The van der Waals surface area contributed by atoms with Gasteiger partial charge in [0.25, 0.3) is 0 Å². The van der Waals surface area contributed by atoms with Gasteiger partial charge in [0.2, 0.25) is 0 Å². The number of ketones is 1. The van der Waals surface area contributed by atoms with Crippen molar-refractivity contribution in [2.24, 2.45) is 11.8 Å². The summed E-state index contributed by atoms with van der Waals surface area (Å²) in [4.78, 5) is 24.9. The molecule has 156 valence electrons. The molecule has 1 aromatic carbocycles. The Morgan fingerprint density at radius 1 is 1.10 bits per heavy atom. The molecule has 5 rings (SSSR count). The van der Waals surface area contributed by atoms with E-state index in [4.69, 9.17) is 0 Å². The predicted octanol–water partition coefficient (Wildman–Crippen LogP) is 4.93. The SMILES string of the molecule is O=C(Cc1cc2cc(-c3cncs3)ccc2cn1)C1CCC(CN2CC(F)C2)CC1. The zero-order chi connectivity index (χ0) is 20.5. The lowest BCUT2D eigenvalue weighted by Gasteiger charge is -2.38. The quantitative estimate of drug-likeness (QED) is 0.564. The molecule has 1 saturated heterocycles. The van der Waals surface area contributed by atoms with Crippen LogP contribution in [0.25, 0.3) is 21.2 Å². The number of carbonyl (C=O) groups excluding carboxylic acids is 1. The molecule has 1 aliphatic carbocycles. The van der Waals surface area contributed by atoms with Crippen LogP contribution < -0.4 is 0 Å². The number of nitrogens with zero attached hydrogens (tertiary/aromatic N) is 3. The first-order valence-electron chi connectivity index (χ1n) is 10.8. The summed E-state index contributed by atoms with van der Waals surface area (Å²) in [6, 6.07) is 8.38. The van der Waals surface area contributed by atoms with E-state index in [-0.39, 0.29) is 5.92 Å². The molecule has 0 amide bonds. The van der Waals surface area contributed by atoms with E-state index in [9.17, 15) is 9.18 Å². The number of aromatic nitrogens is 2. The molecule has 3 aromatic rings. The van der Waals surface area contributed by atoms with Crippen molar-refractivity contribution in [2.75, 3.05) is 19.6 Å². The highest BCUT2D eigenvalue weighted by atomic mass is 32.1. The van der Waals surface area contributed by atoms with Gasteiger partial charge in [0, 0.05) is 55.4 Å². The van der Waals surface area contributed by atoms with Gasteiger partial charge in [-0.2, -0.15) is 0 Å². The van der Waals surface area contributed by atoms with Gasteiger partial charge >= 0.3 is 0 Å². The maximum Gasteiger partial charge on any atom is 0.141 e. The van der Waals surface area contributed by atoms with E-state index < -0.39 is 6.17 Å². The molecule has 1 saturated carbocycles. The topological polar surface area (TPSA) is 46.1 Å². The molecule has 2 fully saturated rings. The molecule has 2 aromatic heterocycles. The Morgan fingerprint density at radius 3 is 2.67 bits per heavy atom. The van der Waals surface area contributed by atoms with Crippen LogP contribution in [0.4, 0.5) is 4.39 Å². The Morgan fingerprint density at radius 2 is 1.93 bits per heavy atom. The minimum atomic E-state index is -0.629. The first-order valence-corrected chi connectivity index (χ1v) is 11.7. The molecule has 6 heteroatoms. The van der Waals surface area contributed by atoms with Gasteiger partial charge in [0.15, 0.2) is 0 Å². The lowest BCUT2D eigenvalue weighted by molar-refractivity contribution is -0.123. The van der Waals surface area contributed by atoms with Crippen molar-refractivity contribution in [1.29, 1.82) is 0 Å². The van der Waals surface area contributed by atoms with Crippen molar-refractivity contribution >= 4 is 27.9 Å². The summed E-state index contributed by atoms with van der Waals surface area (Å²) >= 11 is 1.62. The van der Waals surface area contributed by atoms with E-state index in [2.05, 4.69) is 39.1 Å². The van der Waals surface area contributed by atoms with E-state index in [0.717, 1.165) is 59.1 Å². The van der Waals surface area contributed by atoms with Crippen molar-refractivity contribution < 1.29 is 9.18 Å². The lowest BCUT2D eigenvalue weighted by Crippen LogP contribution is -2.50. The number of halogens is 1. The molecule has 0 radical (unpaired) electrons. The Kier molecular flexibility index (Phi) is 5.61. The minimum Gasteiger partial charge on any atom is -0.299 e. The fourth-order valence-corrected chi connectivity index (χ4v) is 5.43. The van der Waals surface area contributed by atoms with Crippen molar-refractivity contribution in [2.45, 2.75) is 38.3 Å². The number of rotatable bonds is 6. The summed E-state index contributed by atoms with van der Waals surface area (Å²) in [5.74, 6) is 1.07. The number of Topliss-reactive ketones (excluding diaryl/α,β-unsaturated/α-hetero) is 1. The molecule has 0 bridgehead atoms. The zero-order valence-electron chi connectivity index (χ0n) is 17.0. The number of fused-ring (bicyclic) bond motifs is 1. The molecule has 1 aliphatic heterocycles. The fraction of sp³-hybridized carbons (Fsp3) is 0.458. The fourth-order valence-electron chi connectivity index (χ4n) is 4.81. The van der Waals surface area contributed by atoms with Crippen LogP contribution in [0.1, 0.15) is 31.4 Å². The standard InChI is InChI=1S/C24H26FN3OS/c25-21-13-28(14-21)12-16-1-3-17(4-2-16)23(29)9-22-8-20-7-18(24-11-26-15-30-24)5-6-19(20)10-27-22/h5-8,10-11,15-17,21H,1-4,9,12-14H2. The van der Waals surface area contributed by atoms with Crippen molar-refractivity contribution in [3.05, 3.63) is 47.9 Å². The van der Waals surface area contributed by atoms with Crippen LogP contribution in [0.15, 0.2) is 42.2 Å². The van der Waals surface area contributed by atoms with E-state index in [0.29, 0.717) is 31.2 Å². The smallest absolute Gasteiger partial charge is 0.141 e. The molecule has 0 atom stereocenters. The first-order chi connectivity index (χ1) is 14.6. The van der Waals surface area contributed by atoms with Gasteiger partial charge in [0.1, 0.15) is 12.0 Å². The van der Waals surface area contributed by atoms with Crippen LogP contribution in [0.2, 0.25) is 0 Å². The van der Waals surface area contributed by atoms with Gasteiger partial charge in [-0.25, -0.2) is 4.39 Å². The monoisotopic (exact) mass is 423 g/mol. The minimum absolute atomic E-state index is 0.146. The normalized spacial score (nSPS) is 22.8. The van der Waals surface area contributed by atoms with Crippen LogP contribution in [0, 0.1) is 11.8 Å². The summed E-state index contributed by atoms with van der Waals surface area (Å²) in [6.07, 6.45) is 7.60. The number of hydrogen-bond donors (Lipinski definition) is 0. The Balaban J connectivity index is 1.20. The summed E-state index contributed by atoms with van der Waals surface area (Å²) in [6.45, 7) is 2.18. The average molecular weight is 424 g/mol. The van der Waals surface area contributed by atoms with Gasteiger partial charge in [-0.3, -0.25) is 19.7 Å². The second-order valence-corrected chi connectivity index (χ2v) is 9.67. The molecule has 0 N–H and O–H groups in total. The van der Waals surface area contributed by atoms with Crippen molar-refractivity contribution in [1.82, 2.24) is 14.9 Å². The van der Waals surface area contributed by atoms with Gasteiger partial charge in [-0.1, -0.05) is 12.1 Å². The molecule has 2 aliphatic rings.